The number of likely N-dealkylation sites (N-methyl/N-ethyl adjacent to an activating group) is 1. The largest absolute Gasteiger partial charge is 0.496 e. The Hall–Kier alpha value is -1.92. The summed E-state index contributed by atoms with van der Waals surface area (Å²) in [6.07, 6.45) is 0.214. The van der Waals surface area contributed by atoms with Gasteiger partial charge >= 0.3 is 0 Å². The molecule has 0 radical (unpaired) electrons. The highest BCUT2D eigenvalue weighted by Crippen LogP contribution is 2.21. The van der Waals surface area contributed by atoms with Crippen LogP contribution in [0.4, 0.5) is 0 Å². The van der Waals surface area contributed by atoms with Crippen LogP contribution < -0.4 is 10.1 Å². The van der Waals surface area contributed by atoms with Crippen molar-refractivity contribution in [1.29, 1.82) is 0 Å². The van der Waals surface area contributed by atoms with E-state index in [2.05, 4.69) is 29.1 Å². The summed E-state index contributed by atoms with van der Waals surface area (Å²) < 4.78 is 5.31. The number of carbonyl (C=O) groups is 2. The summed E-state index contributed by atoms with van der Waals surface area (Å²) >= 11 is 0. The molecule has 1 fully saturated rings. The number of Topliss-reactive ketones (excluding diaryl/α,β-unsaturated/α-hetero) is 1. The van der Waals surface area contributed by atoms with E-state index in [9.17, 15) is 9.59 Å². The zero-order chi connectivity index (χ0) is 19.1. The third kappa shape index (κ3) is 6.11. The molecule has 0 aromatic heterocycles. The third-order valence-electron chi connectivity index (χ3n) is 4.85. The molecule has 1 aromatic carbocycles. The number of piperazine rings is 1. The molecule has 2 rings (SSSR count). The first-order valence-corrected chi connectivity index (χ1v) is 9.24. The molecule has 26 heavy (non-hydrogen) atoms. The van der Waals surface area contributed by atoms with Crippen molar-refractivity contribution < 1.29 is 14.3 Å². The van der Waals surface area contributed by atoms with Crippen LogP contribution in [0.25, 0.3) is 0 Å². The lowest BCUT2D eigenvalue weighted by Gasteiger charge is -2.33. The fourth-order valence-electron chi connectivity index (χ4n) is 3.20. The van der Waals surface area contributed by atoms with Crippen molar-refractivity contribution in [3.05, 3.63) is 29.3 Å². The van der Waals surface area contributed by atoms with Crippen LogP contribution in [-0.4, -0.2) is 74.9 Å². The van der Waals surface area contributed by atoms with Gasteiger partial charge in [0.15, 0.2) is 5.78 Å². The minimum Gasteiger partial charge on any atom is -0.496 e. The topological polar surface area (TPSA) is 61.9 Å². The van der Waals surface area contributed by atoms with Crippen molar-refractivity contribution in [3.63, 3.8) is 0 Å². The van der Waals surface area contributed by atoms with Crippen molar-refractivity contribution in [2.24, 2.45) is 5.92 Å². The van der Waals surface area contributed by atoms with Gasteiger partial charge in [0.05, 0.1) is 13.5 Å². The van der Waals surface area contributed by atoms with Crippen LogP contribution in [0.5, 0.6) is 5.75 Å². The molecular formula is C20H31N3O3. The van der Waals surface area contributed by atoms with Crippen LogP contribution in [0.1, 0.15) is 29.8 Å². The number of hydrogen-bond donors (Lipinski definition) is 1. The van der Waals surface area contributed by atoms with Gasteiger partial charge in [-0.25, -0.2) is 0 Å². The summed E-state index contributed by atoms with van der Waals surface area (Å²) in [6.45, 7) is 9.71. The van der Waals surface area contributed by atoms with Gasteiger partial charge in [0.2, 0.25) is 5.91 Å². The summed E-state index contributed by atoms with van der Waals surface area (Å²) in [4.78, 5) is 28.7. The minimum absolute atomic E-state index is 0.0184. The van der Waals surface area contributed by atoms with Gasteiger partial charge in [0, 0.05) is 50.4 Å². The van der Waals surface area contributed by atoms with E-state index in [1.807, 2.05) is 0 Å². The minimum atomic E-state index is -0.0470. The number of benzene rings is 1. The number of ether oxygens (including phenoxy) is 1. The number of nitrogens with one attached hydrogen (secondary N) is 1. The summed E-state index contributed by atoms with van der Waals surface area (Å²) in [5, 5.41) is 3.01. The second-order valence-electron chi connectivity index (χ2n) is 7.27. The maximum atomic E-state index is 12.3. The Kier molecular flexibility index (Phi) is 7.60. The number of carbonyl (C=O) groups excluding carboxylic acids is 2. The number of methoxy groups -OCH3 is 1. The molecule has 0 spiro atoms. The monoisotopic (exact) mass is 361 g/mol. The van der Waals surface area contributed by atoms with E-state index in [4.69, 9.17) is 4.74 Å². The van der Waals surface area contributed by atoms with Crippen LogP contribution in [-0.2, 0) is 11.2 Å². The summed E-state index contributed by atoms with van der Waals surface area (Å²) in [5.74, 6) is 0.966. The number of hydrogen-bond acceptors (Lipinski definition) is 5. The summed E-state index contributed by atoms with van der Waals surface area (Å²) in [6, 6.07) is 5.21. The Morgan fingerprint density at radius 2 is 1.92 bits per heavy atom. The Labute approximate surface area is 156 Å². The molecule has 1 N–H and O–H groups in total. The Balaban J connectivity index is 1.82. The Bertz CT molecular complexity index is 625. The molecule has 1 aromatic rings. The second-order valence-corrected chi connectivity index (χ2v) is 7.27. The molecule has 144 valence electrons. The standard InChI is InChI=1S/C20H31N3O3/c1-15(14-23-9-7-22(3)8-10-23)13-21-20(25)12-18-11-17(16(2)24)5-6-19(18)26-4/h5-6,11,15H,7-10,12-14H2,1-4H3,(H,21,25). The highest BCUT2D eigenvalue weighted by molar-refractivity contribution is 5.94. The smallest absolute Gasteiger partial charge is 0.224 e. The highest BCUT2D eigenvalue weighted by Gasteiger charge is 2.17. The van der Waals surface area contributed by atoms with Crippen molar-refractivity contribution >= 4 is 11.7 Å². The molecule has 1 aliphatic heterocycles. The van der Waals surface area contributed by atoms with E-state index in [-0.39, 0.29) is 18.1 Å². The normalized spacial score (nSPS) is 16.9. The number of ketones is 1. The van der Waals surface area contributed by atoms with Crippen LogP contribution in [0.3, 0.4) is 0 Å². The molecule has 6 heteroatoms. The lowest BCUT2D eigenvalue weighted by Crippen LogP contribution is -2.47. The van der Waals surface area contributed by atoms with Gasteiger partial charge < -0.3 is 19.9 Å². The second kappa shape index (κ2) is 9.69. The van der Waals surface area contributed by atoms with Gasteiger partial charge in [0.1, 0.15) is 5.75 Å². The molecule has 0 aliphatic carbocycles. The fourth-order valence-corrected chi connectivity index (χ4v) is 3.20. The molecule has 1 amide bonds. The third-order valence-corrected chi connectivity index (χ3v) is 4.85. The van der Waals surface area contributed by atoms with E-state index in [1.54, 1.807) is 25.3 Å². The first-order chi connectivity index (χ1) is 12.4. The number of amides is 1. The maximum Gasteiger partial charge on any atom is 0.224 e. The zero-order valence-electron chi connectivity index (χ0n) is 16.4. The number of nitrogens with zero attached hydrogens (tertiary/aromatic N) is 2. The first kappa shape index (κ1) is 20.4. The SMILES string of the molecule is COc1ccc(C(C)=O)cc1CC(=O)NCC(C)CN1CCN(C)CC1. The van der Waals surface area contributed by atoms with E-state index >= 15 is 0 Å². The van der Waals surface area contributed by atoms with Crippen molar-refractivity contribution in [2.45, 2.75) is 20.3 Å². The van der Waals surface area contributed by atoms with Gasteiger partial charge in [-0.15, -0.1) is 0 Å². The molecule has 0 bridgehead atoms. The van der Waals surface area contributed by atoms with Crippen LogP contribution in [0.2, 0.25) is 0 Å². The van der Waals surface area contributed by atoms with Crippen molar-refractivity contribution in [2.75, 3.05) is 53.4 Å². The molecule has 6 nitrogen and oxygen atoms in total. The van der Waals surface area contributed by atoms with E-state index in [0.717, 1.165) is 38.3 Å². The van der Waals surface area contributed by atoms with Crippen LogP contribution in [0.15, 0.2) is 18.2 Å². The molecule has 1 atom stereocenters. The predicted molar refractivity (Wildman–Crippen MR) is 103 cm³/mol. The predicted octanol–water partition coefficient (Wildman–Crippen LogP) is 1.44. The van der Waals surface area contributed by atoms with E-state index in [0.29, 0.717) is 23.8 Å². The summed E-state index contributed by atoms with van der Waals surface area (Å²) in [7, 11) is 3.72. The first-order valence-electron chi connectivity index (χ1n) is 9.24. The quantitative estimate of drug-likeness (QED) is 0.710. The van der Waals surface area contributed by atoms with Gasteiger partial charge in [-0.2, -0.15) is 0 Å². The van der Waals surface area contributed by atoms with E-state index in [1.165, 1.54) is 6.92 Å². The van der Waals surface area contributed by atoms with E-state index < -0.39 is 0 Å². The molecule has 1 heterocycles. The Morgan fingerprint density at radius 3 is 2.54 bits per heavy atom. The molecule has 1 saturated heterocycles. The van der Waals surface area contributed by atoms with Crippen LogP contribution in [0, 0.1) is 5.92 Å². The average Bonchev–Trinajstić information content (AvgIpc) is 2.62. The average molecular weight is 361 g/mol. The maximum absolute atomic E-state index is 12.3. The fraction of sp³-hybridized carbons (Fsp3) is 0.600. The number of rotatable bonds is 8. The van der Waals surface area contributed by atoms with Crippen molar-refractivity contribution in [1.82, 2.24) is 15.1 Å². The highest BCUT2D eigenvalue weighted by atomic mass is 16.5. The lowest BCUT2D eigenvalue weighted by atomic mass is 10.0. The summed E-state index contributed by atoms with van der Waals surface area (Å²) in [5.41, 5.74) is 1.33. The molecular weight excluding hydrogens is 330 g/mol. The zero-order valence-corrected chi connectivity index (χ0v) is 16.4. The van der Waals surface area contributed by atoms with Crippen LogP contribution >= 0.6 is 0 Å². The molecule has 0 saturated carbocycles. The van der Waals surface area contributed by atoms with Gasteiger partial charge in [-0.05, 0) is 38.1 Å². The lowest BCUT2D eigenvalue weighted by molar-refractivity contribution is -0.120. The Morgan fingerprint density at radius 1 is 1.23 bits per heavy atom. The van der Waals surface area contributed by atoms with Gasteiger partial charge in [0.25, 0.3) is 0 Å². The molecule has 1 unspecified atom stereocenters. The van der Waals surface area contributed by atoms with Gasteiger partial charge in [-0.3, -0.25) is 9.59 Å². The van der Waals surface area contributed by atoms with Gasteiger partial charge in [-0.1, -0.05) is 6.92 Å². The van der Waals surface area contributed by atoms with Crippen molar-refractivity contribution in [3.8, 4) is 5.75 Å². The molecule has 1 aliphatic rings.